The molecule has 0 bridgehead atoms. The molecule has 0 unspecified atom stereocenters. The normalized spacial score (nSPS) is 9.50. The maximum absolute atomic E-state index is 5.44. The van der Waals surface area contributed by atoms with E-state index in [9.17, 15) is 0 Å². The molecule has 0 amide bonds. The van der Waals surface area contributed by atoms with Crippen LogP contribution in [0.4, 0.5) is 5.69 Å². The Morgan fingerprint density at radius 3 is 2.70 bits per heavy atom. The Hall–Kier alpha value is -0.610. The zero-order valence-corrected chi connectivity index (χ0v) is 7.17. The topological polar surface area (TPSA) is 42.1 Å². The summed E-state index contributed by atoms with van der Waals surface area (Å²) in [6, 6.07) is 3.73. The summed E-state index contributed by atoms with van der Waals surface area (Å²) < 4.78 is 0.818. The quantitative estimate of drug-likeness (QED) is 0.422. The van der Waals surface area contributed by atoms with Gasteiger partial charge in [-0.15, -0.1) is 0 Å². The lowest BCUT2D eigenvalue weighted by molar-refractivity contribution is 1.01. The minimum atomic E-state index is 0.818. The number of halogens is 1. The summed E-state index contributed by atoms with van der Waals surface area (Å²) in [6.07, 6.45) is 1.70. The monoisotopic (exact) mass is 201 g/mol. The van der Waals surface area contributed by atoms with Gasteiger partial charge in [-0.05, 0) is 28.1 Å². The van der Waals surface area contributed by atoms with Crippen molar-refractivity contribution in [3.63, 3.8) is 0 Å². The maximum atomic E-state index is 5.44. The fourth-order valence-corrected chi connectivity index (χ4v) is 0.811. The molecule has 1 aromatic rings. The molecule has 0 atom stereocenters. The first-order chi connectivity index (χ1) is 4.70. The maximum Gasteiger partial charge on any atom is 0.106 e. The second-order valence-electron chi connectivity index (χ2n) is 1.95. The van der Waals surface area contributed by atoms with E-state index in [-0.39, 0.29) is 0 Å². The molecule has 0 aromatic carbocycles. The zero-order valence-electron chi connectivity index (χ0n) is 5.58. The van der Waals surface area contributed by atoms with Crippen molar-refractivity contribution in [1.82, 2.24) is 4.98 Å². The van der Waals surface area contributed by atoms with Gasteiger partial charge in [0.1, 0.15) is 4.60 Å². The molecule has 1 heterocycles. The van der Waals surface area contributed by atoms with E-state index in [1.807, 2.05) is 12.1 Å². The Balaban J connectivity index is 2.89. The average molecular weight is 202 g/mol. The summed E-state index contributed by atoms with van der Waals surface area (Å²) in [4.78, 5) is 4.00. The highest BCUT2D eigenvalue weighted by molar-refractivity contribution is 9.10. The Morgan fingerprint density at radius 2 is 2.30 bits per heavy atom. The molecule has 0 spiro atoms. The number of nitrogens with zero attached hydrogens (tertiary/aromatic N) is 2. The van der Waals surface area contributed by atoms with Gasteiger partial charge in [0.05, 0.1) is 11.9 Å². The molecule has 0 aliphatic heterocycles. The van der Waals surface area contributed by atoms with E-state index in [1.165, 1.54) is 5.01 Å². The highest BCUT2D eigenvalue weighted by Crippen LogP contribution is 2.11. The fourth-order valence-electron chi connectivity index (χ4n) is 0.577. The van der Waals surface area contributed by atoms with E-state index in [1.54, 1.807) is 13.2 Å². The first-order valence-corrected chi connectivity index (χ1v) is 3.59. The highest BCUT2D eigenvalue weighted by atomic mass is 79.9. The van der Waals surface area contributed by atoms with Crippen LogP contribution in [-0.4, -0.2) is 12.0 Å². The van der Waals surface area contributed by atoms with Gasteiger partial charge >= 0.3 is 0 Å². The first-order valence-electron chi connectivity index (χ1n) is 2.80. The van der Waals surface area contributed by atoms with Gasteiger partial charge in [-0.25, -0.2) is 10.8 Å². The van der Waals surface area contributed by atoms with Crippen molar-refractivity contribution in [2.24, 2.45) is 5.84 Å². The molecule has 2 N–H and O–H groups in total. The van der Waals surface area contributed by atoms with Crippen molar-refractivity contribution in [3.05, 3.63) is 22.9 Å². The van der Waals surface area contributed by atoms with E-state index < -0.39 is 0 Å². The predicted molar refractivity (Wildman–Crippen MR) is 44.5 cm³/mol. The van der Waals surface area contributed by atoms with Gasteiger partial charge in [-0.3, -0.25) is 0 Å². The third kappa shape index (κ3) is 1.68. The van der Waals surface area contributed by atoms with Crippen molar-refractivity contribution in [2.45, 2.75) is 0 Å². The lowest BCUT2D eigenvalue weighted by atomic mass is 10.4. The molecule has 0 saturated heterocycles. The number of hydrogen-bond donors (Lipinski definition) is 1. The Bertz CT molecular complexity index is 207. The van der Waals surface area contributed by atoms with Crippen LogP contribution in [0, 0.1) is 0 Å². The van der Waals surface area contributed by atoms with Crippen molar-refractivity contribution in [2.75, 3.05) is 12.1 Å². The highest BCUT2D eigenvalue weighted by Gasteiger charge is 1.93. The molecular weight excluding hydrogens is 194 g/mol. The summed E-state index contributed by atoms with van der Waals surface area (Å²) in [7, 11) is 1.77. The largest absolute Gasteiger partial charge is 0.313 e. The van der Waals surface area contributed by atoms with Gasteiger partial charge in [0.15, 0.2) is 0 Å². The lowest BCUT2D eigenvalue weighted by Gasteiger charge is -2.09. The van der Waals surface area contributed by atoms with Crippen LogP contribution < -0.4 is 10.9 Å². The van der Waals surface area contributed by atoms with Gasteiger partial charge < -0.3 is 5.01 Å². The summed E-state index contributed by atoms with van der Waals surface area (Å²) in [5.41, 5.74) is 0.892. The van der Waals surface area contributed by atoms with E-state index in [2.05, 4.69) is 20.9 Å². The van der Waals surface area contributed by atoms with E-state index in [0.29, 0.717) is 0 Å². The molecular formula is C6H8BrN3. The number of nitrogens with two attached hydrogens (primary N) is 1. The van der Waals surface area contributed by atoms with Crippen LogP contribution in [0.25, 0.3) is 0 Å². The van der Waals surface area contributed by atoms with Crippen molar-refractivity contribution >= 4 is 21.6 Å². The van der Waals surface area contributed by atoms with E-state index in [4.69, 9.17) is 5.84 Å². The summed E-state index contributed by atoms with van der Waals surface area (Å²) in [6.45, 7) is 0. The van der Waals surface area contributed by atoms with Gasteiger partial charge in [0.2, 0.25) is 0 Å². The number of anilines is 1. The lowest BCUT2D eigenvalue weighted by Crippen LogP contribution is -2.24. The van der Waals surface area contributed by atoms with Gasteiger partial charge in [0, 0.05) is 7.05 Å². The average Bonchev–Trinajstić information content (AvgIpc) is 1.88. The van der Waals surface area contributed by atoms with Crippen LogP contribution in [0.3, 0.4) is 0 Å². The van der Waals surface area contributed by atoms with E-state index >= 15 is 0 Å². The first kappa shape index (κ1) is 7.50. The molecule has 3 nitrogen and oxygen atoms in total. The minimum absolute atomic E-state index is 0.818. The van der Waals surface area contributed by atoms with Gasteiger partial charge in [0.25, 0.3) is 0 Å². The van der Waals surface area contributed by atoms with Crippen LogP contribution in [0.5, 0.6) is 0 Å². The second-order valence-corrected chi connectivity index (χ2v) is 2.76. The summed E-state index contributed by atoms with van der Waals surface area (Å²) in [5.74, 6) is 5.44. The molecule has 0 saturated carbocycles. The molecule has 0 aliphatic rings. The third-order valence-electron chi connectivity index (χ3n) is 1.12. The molecule has 1 rings (SSSR count). The zero-order chi connectivity index (χ0) is 7.56. The molecule has 0 aliphatic carbocycles. The minimum Gasteiger partial charge on any atom is -0.313 e. The number of pyridine rings is 1. The van der Waals surface area contributed by atoms with Crippen LogP contribution in [-0.2, 0) is 0 Å². The summed E-state index contributed by atoms with van der Waals surface area (Å²) >= 11 is 3.22. The van der Waals surface area contributed by atoms with Crippen LogP contribution in [0.1, 0.15) is 0 Å². The SMILES string of the molecule is CN(N)c1ccc(Br)nc1. The number of hydrogen-bond acceptors (Lipinski definition) is 3. The molecule has 0 radical (unpaired) electrons. The Morgan fingerprint density at radius 1 is 1.60 bits per heavy atom. The van der Waals surface area contributed by atoms with Crippen LogP contribution >= 0.6 is 15.9 Å². The van der Waals surface area contributed by atoms with Gasteiger partial charge in [-0.1, -0.05) is 0 Å². The van der Waals surface area contributed by atoms with Crippen molar-refractivity contribution in [1.29, 1.82) is 0 Å². The molecule has 4 heteroatoms. The second kappa shape index (κ2) is 2.98. The smallest absolute Gasteiger partial charge is 0.106 e. The van der Waals surface area contributed by atoms with Gasteiger partial charge in [-0.2, -0.15) is 0 Å². The standard InChI is InChI=1S/C6H8BrN3/c1-10(8)5-2-3-6(7)9-4-5/h2-4H,8H2,1H3. The molecule has 10 heavy (non-hydrogen) atoms. The number of rotatable bonds is 1. The molecule has 54 valence electrons. The molecule has 1 aromatic heterocycles. The predicted octanol–water partition coefficient (Wildman–Crippen LogP) is 1.15. The third-order valence-corrected chi connectivity index (χ3v) is 1.59. The van der Waals surface area contributed by atoms with Crippen LogP contribution in [0.15, 0.2) is 22.9 Å². The molecule has 0 fully saturated rings. The van der Waals surface area contributed by atoms with E-state index in [0.717, 1.165) is 10.3 Å². The Labute approximate surface area is 68.0 Å². The number of aromatic nitrogens is 1. The Kier molecular flexibility index (Phi) is 2.24. The van der Waals surface area contributed by atoms with Crippen molar-refractivity contribution in [3.8, 4) is 0 Å². The number of hydrazine groups is 1. The van der Waals surface area contributed by atoms with Crippen LogP contribution in [0.2, 0.25) is 0 Å². The summed E-state index contributed by atoms with van der Waals surface area (Å²) in [5, 5.41) is 1.51. The van der Waals surface area contributed by atoms with Crippen molar-refractivity contribution < 1.29 is 0 Å². The fraction of sp³-hybridized carbons (Fsp3) is 0.167.